The topological polar surface area (TPSA) is 56.2 Å². The third-order valence-corrected chi connectivity index (χ3v) is 9.14. The number of fused-ring (bicyclic) bond motifs is 3. The van der Waals surface area contributed by atoms with Crippen molar-refractivity contribution < 1.29 is 4.42 Å². The maximum atomic E-state index is 7.85. The van der Waals surface area contributed by atoms with Crippen LogP contribution in [-0.2, 0) is 0 Å². The zero-order valence-corrected chi connectivity index (χ0v) is 27.4. The largest absolute Gasteiger partial charge is 0.456 e. The molecule has 238 valence electrons. The van der Waals surface area contributed by atoms with E-state index in [1.165, 1.54) is 0 Å². The van der Waals surface area contributed by atoms with Crippen molar-refractivity contribution in [3.05, 3.63) is 181 Å². The van der Waals surface area contributed by atoms with E-state index in [2.05, 4.69) is 77.6 Å². The Bertz CT molecular complexity index is 2750. The van der Waals surface area contributed by atoms with Gasteiger partial charge in [-0.05, 0) is 69.8 Å². The third-order valence-electron chi connectivity index (χ3n) is 9.14. The molecule has 0 saturated carbocycles. The summed E-state index contributed by atoms with van der Waals surface area (Å²) in [6.07, 6.45) is 0. The number of rotatable bonds is 6. The van der Waals surface area contributed by atoms with E-state index < -0.39 is 0 Å². The lowest BCUT2D eigenvalue weighted by Crippen LogP contribution is -2.00. The summed E-state index contributed by atoms with van der Waals surface area (Å²) in [5, 5.41) is 2.11. The zero-order chi connectivity index (χ0) is 34.1. The Hall–Kier alpha value is -7.16. The molecule has 0 aliphatic carbocycles. The molecule has 0 spiro atoms. The highest BCUT2D eigenvalue weighted by Crippen LogP contribution is 2.39. The molecule has 9 aromatic rings. The first-order chi connectivity index (χ1) is 25.2. The first-order valence-electron chi connectivity index (χ1n) is 16.7. The first kappa shape index (κ1) is 29.9. The Morgan fingerprint density at radius 3 is 1.69 bits per heavy atom. The SMILES string of the molecule is [C-]#[N+]c1ccccc1-c1cc(-c2ccccc2)cc(-c2nc(-c3ccccc3)nc(-c3ccc4c(c3)oc3cccc(-c5ccccc5)c34)n2)c1. The highest BCUT2D eigenvalue weighted by molar-refractivity contribution is 6.13. The van der Waals surface area contributed by atoms with Crippen LogP contribution in [0.15, 0.2) is 174 Å². The molecule has 0 fully saturated rings. The second-order valence-electron chi connectivity index (χ2n) is 12.3. The lowest BCUT2D eigenvalue weighted by atomic mass is 9.95. The summed E-state index contributed by atoms with van der Waals surface area (Å²) in [7, 11) is 0. The second-order valence-corrected chi connectivity index (χ2v) is 12.3. The molecule has 5 heteroatoms. The van der Waals surface area contributed by atoms with Crippen LogP contribution in [0.5, 0.6) is 0 Å². The molecule has 7 aromatic carbocycles. The molecule has 5 nitrogen and oxygen atoms in total. The normalized spacial score (nSPS) is 11.1. The van der Waals surface area contributed by atoms with Crippen LogP contribution in [0, 0.1) is 6.57 Å². The fourth-order valence-corrected chi connectivity index (χ4v) is 6.70. The minimum atomic E-state index is 0.536. The van der Waals surface area contributed by atoms with E-state index in [-0.39, 0.29) is 0 Å². The van der Waals surface area contributed by atoms with Crippen molar-refractivity contribution >= 4 is 27.6 Å². The van der Waals surface area contributed by atoms with Crippen LogP contribution in [0.3, 0.4) is 0 Å². The van der Waals surface area contributed by atoms with Crippen LogP contribution < -0.4 is 0 Å². The standard InChI is InChI=1S/C46H28N4O/c1-47-40-22-12-11-20-37(40)35-26-34(30-14-5-2-6-15-30)27-36(28-35)46-49-44(32-18-9-4-10-19-32)48-45(50-46)33-24-25-39-42(29-33)51-41-23-13-21-38(43(39)41)31-16-7-3-8-17-31/h2-29H. The molecule has 0 saturated heterocycles. The van der Waals surface area contributed by atoms with Crippen molar-refractivity contribution in [3.63, 3.8) is 0 Å². The van der Waals surface area contributed by atoms with Gasteiger partial charge in [-0.2, -0.15) is 0 Å². The van der Waals surface area contributed by atoms with Gasteiger partial charge in [0.05, 0.1) is 6.57 Å². The predicted octanol–water partition coefficient (Wildman–Crippen LogP) is 12.3. The van der Waals surface area contributed by atoms with Crippen molar-refractivity contribution in [1.29, 1.82) is 0 Å². The second kappa shape index (κ2) is 12.7. The summed E-state index contributed by atoms with van der Waals surface area (Å²) in [6.45, 7) is 7.85. The first-order valence-corrected chi connectivity index (χ1v) is 16.7. The Labute approximate surface area is 295 Å². The minimum absolute atomic E-state index is 0.536. The van der Waals surface area contributed by atoms with E-state index in [0.717, 1.165) is 72.0 Å². The summed E-state index contributed by atoms with van der Waals surface area (Å²) in [4.78, 5) is 19.0. The number of benzene rings is 7. The number of aromatic nitrogens is 3. The fraction of sp³-hybridized carbons (Fsp3) is 0. The van der Waals surface area contributed by atoms with E-state index >= 15 is 0 Å². The van der Waals surface area contributed by atoms with Gasteiger partial charge in [0.15, 0.2) is 23.2 Å². The molecule has 0 aliphatic heterocycles. The Morgan fingerprint density at radius 2 is 0.961 bits per heavy atom. The van der Waals surface area contributed by atoms with Gasteiger partial charge in [-0.15, -0.1) is 0 Å². The van der Waals surface area contributed by atoms with Crippen molar-refractivity contribution in [3.8, 4) is 67.5 Å². The molecule has 0 amide bonds. The van der Waals surface area contributed by atoms with Crippen molar-refractivity contribution in [2.45, 2.75) is 0 Å². The van der Waals surface area contributed by atoms with Gasteiger partial charge >= 0.3 is 0 Å². The van der Waals surface area contributed by atoms with Crippen LogP contribution in [0.25, 0.3) is 94.3 Å². The van der Waals surface area contributed by atoms with Gasteiger partial charge in [-0.25, -0.2) is 19.8 Å². The van der Waals surface area contributed by atoms with E-state index in [0.29, 0.717) is 23.2 Å². The smallest absolute Gasteiger partial charge is 0.194 e. The lowest BCUT2D eigenvalue weighted by molar-refractivity contribution is 0.669. The predicted molar refractivity (Wildman–Crippen MR) is 206 cm³/mol. The van der Waals surface area contributed by atoms with Crippen LogP contribution >= 0.6 is 0 Å². The van der Waals surface area contributed by atoms with Crippen molar-refractivity contribution in [2.24, 2.45) is 0 Å². The number of para-hydroxylation sites is 1. The third kappa shape index (κ3) is 5.61. The Balaban J connectivity index is 1.24. The van der Waals surface area contributed by atoms with Gasteiger partial charge in [-0.3, -0.25) is 0 Å². The minimum Gasteiger partial charge on any atom is -0.456 e. The molecule has 2 heterocycles. The van der Waals surface area contributed by atoms with Gasteiger partial charge in [0.1, 0.15) is 11.2 Å². The molecule has 0 bridgehead atoms. The monoisotopic (exact) mass is 652 g/mol. The Morgan fingerprint density at radius 1 is 0.392 bits per heavy atom. The number of nitrogens with zero attached hydrogens (tertiary/aromatic N) is 4. The van der Waals surface area contributed by atoms with Crippen LogP contribution in [-0.4, -0.2) is 15.0 Å². The van der Waals surface area contributed by atoms with Gasteiger partial charge in [0, 0.05) is 27.5 Å². The Kier molecular flexibility index (Phi) is 7.46. The number of hydrogen-bond donors (Lipinski definition) is 0. The van der Waals surface area contributed by atoms with Gasteiger partial charge < -0.3 is 4.42 Å². The van der Waals surface area contributed by atoms with E-state index in [1.54, 1.807) is 0 Å². The molecule has 51 heavy (non-hydrogen) atoms. The van der Waals surface area contributed by atoms with Crippen molar-refractivity contribution in [1.82, 2.24) is 15.0 Å². The quantitative estimate of drug-likeness (QED) is 0.168. The molecule has 9 rings (SSSR count). The highest BCUT2D eigenvalue weighted by Gasteiger charge is 2.18. The summed E-state index contributed by atoms with van der Waals surface area (Å²) in [6, 6.07) is 57.0. The molecular weight excluding hydrogens is 625 g/mol. The summed E-state index contributed by atoms with van der Waals surface area (Å²) < 4.78 is 6.46. The maximum absolute atomic E-state index is 7.85. The maximum Gasteiger partial charge on any atom is 0.194 e. The van der Waals surface area contributed by atoms with Crippen LogP contribution in [0.4, 0.5) is 5.69 Å². The fourth-order valence-electron chi connectivity index (χ4n) is 6.70. The highest BCUT2D eigenvalue weighted by atomic mass is 16.3. The van der Waals surface area contributed by atoms with E-state index in [9.17, 15) is 0 Å². The van der Waals surface area contributed by atoms with Crippen LogP contribution in [0.2, 0.25) is 0 Å². The van der Waals surface area contributed by atoms with Crippen LogP contribution in [0.1, 0.15) is 0 Å². The van der Waals surface area contributed by atoms with Gasteiger partial charge in [0.2, 0.25) is 0 Å². The van der Waals surface area contributed by atoms with E-state index in [4.69, 9.17) is 25.9 Å². The molecule has 2 aromatic heterocycles. The number of furan rings is 1. The lowest BCUT2D eigenvalue weighted by Gasteiger charge is -2.13. The average molecular weight is 653 g/mol. The summed E-state index contributed by atoms with van der Waals surface area (Å²) in [5.74, 6) is 1.65. The van der Waals surface area contributed by atoms with Crippen molar-refractivity contribution in [2.75, 3.05) is 0 Å². The van der Waals surface area contributed by atoms with Gasteiger partial charge in [-0.1, -0.05) is 133 Å². The van der Waals surface area contributed by atoms with Gasteiger partial charge in [0.25, 0.3) is 0 Å². The van der Waals surface area contributed by atoms with E-state index in [1.807, 2.05) is 97.1 Å². The zero-order valence-electron chi connectivity index (χ0n) is 27.4. The molecule has 0 atom stereocenters. The summed E-state index contributed by atoms with van der Waals surface area (Å²) >= 11 is 0. The summed E-state index contributed by atoms with van der Waals surface area (Å²) in [5.41, 5.74) is 10.8. The average Bonchev–Trinajstić information content (AvgIpc) is 3.60. The number of hydrogen-bond acceptors (Lipinski definition) is 4. The molecule has 0 unspecified atom stereocenters. The molecule has 0 aliphatic rings. The molecule has 0 N–H and O–H groups in total. The molecule has 0 radical (unpaired) electrons. The molecular formula is C46H28N4O.